The summed E-state index contributed by atoms with van der Waals surface area (Å²) in [6.07, 6.45) is 0. The van der Waals surface area contributed by atoms with Gasteiger partial charge in [0, 0.05) is 12.1 Å². The third-order valence-corrected chi connectivity index (χ3v) is 7.18. The van der Waals surface area contributed by atoms with Crippen molar-refractivity contribution in [3.05, 3.63) is 78.9 Å². The Morgan fingerprint density at radius 2 is 1.23 bits per heavy atom. The Morgan fingerprint density at radius 1 is 0.742 bits per heavy atom. The lowest BCUT2D eigenvalue weighted by Gasteiger charge is -2.14. The molecule has 4 nitrogen and oxygen atoms in total. The van der Waals surface area contributed by atoms with Gasteiger partial charge in [0.1, 0.15) is 26.3 Å². The van der Waals surface area contributed by atoms with E-state index in [1.165, 1.54) is 0 Å². The summed E-state index contributed by atoms with van der Waals surface area (Å²) in [4.78, 5) is 26.5. The molecular formula is C24H21Br2O4S+. The van der Waals surface area contributed by atoms with Gasteiger partial charge in [0.15, 0.2) is 15.5 Å². The number of alkyl halides is 2. The molecule has 0 aromatic heterocycles. The Labute approximate surface area is 201 Å². The summed E-state index contributed by atoms with van der Waals surface area (Å²) in [5.74, 6) is -0.179. The number of carbonyl (C=O) groups excluding carboxylic acids is 2. The van der Waals surface area contributed by atoms with Gasteiger partial charge in [0.25, 0.3) is 0 Å². The van der Waals surface area contributed by atoms with Gasteiger partial charge < -0.3 is 9.47 Å². The van der Waals surface area contributed by atoms with Crippen LogP contribution in [0.4, 0.5) is 0 Å². The van der Waals surface area contributed by atoms with Crippen LogP contribution in [0.3, 0.4) is 0 Å². The van der Waals surface area contributed by atoms with Crippen molar-refractivity contribution < 1.29 is 19.1 Å². The Kier molecular flexibility index (Phi) is 8.35. The quantitative estimate of drug-likeness (QED) is 0.149. The highest BCUT2D eigenvalue weighted by Crippen LogP contribution is 2.39. The van der Waals surface area contributed by atoms with E-state index in [9.17, 15) is 9.59 Å². The lowest BCUT2D eigenvalue weighted by atomic mass is 10.3. The molecule has 31 heavy (non-hydrogen) atoms. The van der Waals surface area contributed by atoms with Crippen molar-refractivity contribution in [1.82, 2.24) is 0 Å². The average molecular weight is 565 g/mol. The standard InChI is InChI=1S/C24H21Br2O4S/c1-16(25)23(27)29-18-13-14-22(21(15-18)30-24(28)17(2)26)31(19-9-5-3-6-10-19)20-11-7-4-8-12-20/h3-17H,1-2H3/q+1. The molecule has 3 rings (SSSR count). The molecular weight excluding hydrogens is 544 g/mol. The summed E-state index contributed by atoms with van der Waals surface area (Å²) in [5.41, 5.74) is 0. The molecule has 0 N–H and O–H groups in total. The summed E-state index contributed by atoms with van der Waals surface area (Å²) in [6.45, 7) is 3.39. The van der Waals surface area contributed by atoms with Crippen LogP contribution in [-0.4, -0.2) is 21.6 Å². The highest BCUT2D eigenvalue weighted by atomic mass is 79.9. The first-order chi connectivity index (χ1) is 14.9. The Hall–Kier alpha value is -2.09. The molecule has 0 saturated heterocycles. The largest absolute Gasteiger partial charge is 0.426 e. The average Bonchev–Trinajstić information content (AvgIpc) is 2.76. The molecule has 0 aliphatic rings. The van der Waals surface area contributed by atoms with Gasteiger partial charge in [-0.05, 0) is 44.2 Å². The lowest BCUT2D eigenvalue weighted by molar-refractivity contribution is -0.133. The molecule has 7 heteroatoms. The van der Waals surface area contributed by atoms with Gasteiger partial charge in [-0.2, -0.15) is 0 Å². The summed E-state index contributed by atoms with van der Waals surface area (Å²) in [5, 5.41) is 0. The number of halogens is 2. The first kappa shape index (κ1) is 23.6. The third-order valence-electron chi connectivity index (χ3n) is 4.17. The molecule has 0 spiro atoms. The van der Waals surface area contributed by atoms with E-state index < -0.39 is 32.5 Å². The molecule has 0 fully saturated rings. The maximum atomic E-state index is 12.4. The zero-order valence-electron chi connectivity index (χ0n) is 17.0. The fourth-order valence-electron chi connectivity index (χ4n) is 2.69. The van der Waals surface area contributed by atoms with Crippen molar-refractivity contribution in [3.63, 3.8) is 0 Å². The third kappa shape index (κ3) is 6.21. The number of ether oxygens (including phenoxy) is 2. The highest BCUT2D eigenvalue weighted by molar-refractivity contribution is 9.10. The molecule has 2 unspecified atom stereocenters. The number of rotatable bonds is 7. The van der Waals surface area contributed by atoms with Gasteiger partial charge in [-0.1, -0.05) is 68.3 Å². The number of benzene rings is 3. The second-order valence-corrected chi connectivity index (χ2v) is 11.4. The normalized spacial score (nSPS) is 12.8. The van der Waals surface area contributed by atoms with E-state index in [1.54, 1.807) is 26.0 Å². The van der Waals surface area contributed by atoms with Crippen molar-refractivity contribution in [2.24, 2.45) is 0 Å². The van der Waals surface area contributed by atoms with Crippen LogP contribution in [0.2, 0.25) is 0 Å². The fraction of sp³-hybridized carbons (Fsp3) is 0.167. The molecule has 0 aliphatic carbocycles. The van der Waals surface area contributed by atoms with Crippen LogP contribution in [0.25, 0.3) is 0 Å². The molecule has 3 aromatic rings. The van der Waals surface area contributed by atoms with Crippen molar-refractivity contribution >= 4 is 54.7 Å². The molecule has 0 radical (unpaired) electrons. The minimum atomic E-state index is -0.528. The summed E-state index contributed by atoms with van der Waals surface area (Å²) in [7, 11) is -0.528. The van der Waals surface area contributed by atoms with E-state index in [2.05, 4.69) is 56.1 Å². The van der Waals surface area contributed by atoms with E-state index in [4.69, 9.17) is 9.47 Å². The maximum absolute atomic E-state index is 12.4. The fourth-order valence-corrected chi connectivity index (χ4v) is 5.02. The summed E-state index contributed by atoms with van der Waals surface area (Å²) >= 11 is 6.47. The van der Waals surface area contributed by atoms with Gasteiger partial charge in [-0.15, -0.1) is 0 Å². The van der Waals surface area contributed by atoms with Crippen LogP contribution >= 0.6 is 31.9 Å². The smallest absolute Gasteiger partial charge is 0.325 e. The maximum Gasteiger partial charge on any atom is 0.325 e. The van der Waals surface area contributed by atoms with Crippen molar-refractivity contribution in [2.45, 2.75) is 38.2 Å². The number of esters is 2. The van der Waals surface area contributed by atoms with Crippen LogP contribution in [-0.2, 0) is 20.5 Å². The molecule has 0 saturated carbocycles. The van der Waals surface area contributed by atoms with Crippen molar-refractivity contribution in [2.75, 3.05) is 0 Å². The first-order valence-corrected chi connectivity index (χ1v) is 12.6. The van der Waals surface area contributed by atoms with Gasteiger partial charge in [-0.3, -0.25) is 9.59 Å². The monoisotopic (exact) mass is 563 g/mol. The number of carbonyl (C=O) groups is 2. The van der Waals surface area contributed by atoms with E-state index in [0.717, 1.165) is 14.7 Å². The van der Waals surface area contributed by atoms with E-state index in [-0.39, 0.29) is 0 Å². The Balaban J connectivity index is 2.13. The molecule has 0 amide bonds. The molecule has 0 heterocycles. The van der Waals surface area contributed by atoms with E-state index in [0.29, 0.717) is 11.5 Å². The first-order valence-electron chi connectivity index (χ1n) is 9.57. The Morgan fingerprint density at radius 3 is 1.71 bits per heavy atom. The number of hydrogen-bond acceptors (Lipinski definition) is 4. The second kappa shape index (κ2) is 11.0. The van der Waals surface area contributed by atoms with Crippen LogP contribution < -0.4 is 9.47 Å². The second-order valence-electron chi connectivity index (χ2n) is 6.62. The van der Waals surface area contributed by atoms with Crippen LogP contribution in [0.15, 0.2) is 93.5 Å². The van der Waals surface area contributed by atoms with Crippen molar-refractivity contribution in [1.29, 1.82) is 0 Å². The van der Waals surface area contributed by atoms with Crippen molar-refractivity contribution in [3.8, 4) is 11.5 Å². The predicted molar refractivity (Wildman–Crippen MR) is 130 cm³/mol. The molecule has 2 atom stereocenters. The molecule has 160 valence electrons. The summed E-state index contributed by atoms with van der Waals surface area (Å²) in [6, 6.07) is 25.2. The summed E-state index contributed by atoms with van der Waals surface area (Å²) < 4.78 is 11.2. The topological polar surface area (TPSA) is 52.6 Å². The molecule has 0 aliphatic heterocycles. The minimum Gasteiger partial charge on any atom is -0.426 e. The van der Waals surface area contributed by atoms with Gasteiger partial charge in [0.05, 0.1) is 0 Å². The zero-order chi connectivity index (χ0) is 22.4. The lowest BCUT2D eigenvalue weighted by Crippen LogP contribution is -2.20. The zero-order valence-corrected chi connectivity index (χ0v) is 20.9. The SMILES string of the molecule is CC(Br)C(=O)Oc1ccc([S+](c2ccccc2)c2ccccc2)c(OC(=O)C(C)Br)c1. The van der Waals surface area contributed by atoms with Gasteiger partial charge in [-0.25, -0.2) is 0 Å². The van der Waals surface area contributed by atoms with Crippen LogP contribution in [0, 0.1) is 0 Å². The molecule has 0 bridgehead atoms. The molecule has 3 aromatic carbocycles. The Bertz CT molecular complexity index is 1000. The van der Waals surface area contributed by atoms with E-state index in [1.807, 2.05) is 42.5 Å². The van der Waals surface area contributed by atoms with E-state index >= 15 is 0 Å². The predicted octanol–water partition coefficient (Wildman–Crippen LogP) is 6.16. The van der Waals surface area contributed by atoms with Gasteiger partial charge in [0.2, 0.25) is 4.90 Å². The minimum absolute atomic E-state index is 0.315. The van der Waals surface area contributed by atoms with Crippen LogP contribution in [0.1, 0.15) is 13.8 Å². The number of hydrogen-bond donors (Lipinski definition) is 0. The van der Waals surface area contributed by atoms with Gasteiger partial charge >= 0.3 is 11.9 Å². The highest BCUT2D eigenvalue weighted by Gasteiger charge is 2.33. The van der Waals surface area contributed by atoms with Crippen LogP contribution in [0.5, 0.6) is 11.5 Å².